The molecule has 0 aliphatic rings. The van der Waals surface area contributed by atoms with E-state index in [-0.39, 0.29) is 11.9 Å². The summed E-state index contributed by atoms with van der Waals surface area (Å²) in [5.74, 6) is -0.233. The molecule has 0 fully saturated rings. The van der Waals surface area contributed by atoms with Crippen LogP contribution in [0.15, 0.2) is 60.9 Å². The van der Waals surface area contributed by atoms with Crippen molar-refractivity contribution in [2.24, 2.45) is 0 Å². The topological polar surface area (TPSA) is 50.2 Å². The van der Waals surface area contributed by atoms with Crippen LogP contribution in [0.3, 0.4) is 0 Å². The Bertz CT molecular complexity index is 925. The van der Waals surface area contributed by atoms with Crippen LogP contribution < -0.4 is 5.32 Å². The molecule has 3 aromatic rings. The molecule has 0 saturated heterocycles. The fourth-order valence-corrected chi connectivity index (χ4v) is 3.25. The van der Waals surface area contributed by atoms with Gasteiger partial charge in [0.05, 0.1) is 22.3 Å². The number of halogens is 2. The molecule has 0 spiro atoms. The van der Waals surface area contributed by atoms with Gasteiger partial charge in [-0.2, -0.15) is 5.10 Å². The second-order valence-electron chi connectivity index (χ2n) is 6.36. The van der Waals surface area contributed by atoms with Gasteiger partial charge in [-0.1, -0.05) is 35.3 Å². The highest BCUT2D eigenvalue weighted by atomic mass is 35.5. The normalized spacial score (nSPS) is 12.2. The van der Waals surface area contributed by atoms with Crippen LogP contribution in [0.25, 0.3) is 5.69 Å². The van der Waals surface area contributed by atoms with Crippen LogP contribution in [0, 0.1) is 0 Å². The first-order chi connectivity index (χ1) is 13.0. The van der Waals surface area contributed by atoms with Gasteiger partial charge in [-0.3, -0.25) is 4.79 Å². The van der Waals surface area contributed by atoms with Gasteiger partial charge in [0.2, 0.25) is 0 Å². The summed E-state index contributed by atoms with van der Waals surface area (Å²) in [5, 5.41) is 8.22. The number of carbonyl (C=O) groups excluding carboxylic acids is 1. The molecule has 1 heterocycles. The fourth-order valence-electron chi connectivity index (χ4n) is 2.85. The summed E-state index contributed by atoms with van der Waals surface area (Å²) in [6.07, 6.45) is 3.49. The third-order valence-corrected chi connectivity index (χ3v) is 4.84. The number of hydrogen-bond acceptors (Lipinski definition) is 3. The molecule has 0 saturated carbocycles. The molecule has 0 bridgehead atoms. The van der Waals surface area contributed by atoms with E-state index in [0.717, 1.165) is 11.3 Å². The summed E-state index contributed by atoms with van der Waals surface area (Å²) >= 11 is 12.4. The van der Waals surface area contributed by atoms with Crippen molar-refractivity contribution in [1.82, 2.24) is 20.0 Å². The Balaban J connectivity index is 1.77. The van der Waals surface area contributed by atoms with Gasteiger partial charge >= 0.3 is 0 Å². The van der Waals surface area contributed by atoms with Gasteiger partial charge in [0, 0.05) is 24.0 Å². The first-order valence-electron chi connectivity index (χ1n) is 8.45. The predicted molar refractivity (Wildman–Crippen MR) is 109 cm³/mol. The van der Waals surface area contributed by atoms with E-state index in [0.29, 0.717) is 22.2 Å². The molecule has 0 aliphatic heterocycles. The van der Waals surface area contributed by atoms with Gasteiger partial charge in [0.1, 0.15) is 0 Å². The van der Waals surface area contributed by atoms with Crippen molar-refractivity contribution in [2.75, 3.05) is 20.6 Å². The van der Waals surface area contributed by atoms with Gasteiger partial charge in [0.15, 0.2) is 0 Å². The molecule has 3 rings (SSSR count). The van der Waals surface area contributed by atoms with E-state index in [4.69, 9.17) is 23.2 Å². The van der Waals surface area contributed by atoms with E-state index in [1.807, 2.05) is 61.6 Å². The Hall–Kier alpha value is -2.34. The van der Waals surface area contributed by atoms with Crippen LogP contribution in [0.1, 0.15) is 22.0 Å². The number of hydrogen-bond donors (Lipinski definition) is 1. The molecule has 140 valence electrons. The third kappa shape index (κ3) is 4.69. The van der Waals surface area contributed by atoms with Crippen LogP contribution >= 0.6 is 23.2 Å². The largest absolute Gasteiger partial charge is 0.350 e. The lowest BCUT2D eigenvalue weighted by Crippen LogP contribution is -2.34. The van der Waals surface area contributed by atoms with E-state index >= 15 is 0 Å². The molecule has 2 aromatic carbocycles. The maximum atomic E-state index is 12.7. The fraction of sp³-hybridized carbons (Fsp3) is 0.200. The molecule has 1 N–H and O–H groups in total. The quantitative estimate of drug-likeness (QED) is 0.671. The number of amides is 1. The van der Waals surface area contributed by atoms with Crippen LogP contribution in [0.4, 0.5) is 0 Å². The molecular formula is C20H20Cl2N4O. The number of nitrogens with one attached hydrogen (secondary N) is 1. The SMILES string of the molecule is CN(C)[C@@H](CNC(=O)c1cc(-n2cccn2)ccc1Cl)c1cccc(Cl)c1. The van der Waals surface area contributed by atoms with Crippen molar-refractivity contribution >= 4 is 29.1 Å². The van der Waals surface area contributed by atoms with E-state index in [1.165, 1.54) is 0 Å². The van der Waals surface area contributed by atoms with E-state index in [9.17, 15) is 4.79 Å². The van der Waals surface area contributed by atoms with Gasteiger partial charge in [0.25, 0.3) is 5.91 Å². The number of aromatic nitrogens is 2. The van der Waals surface area contributed by atoms with Crippen molar-refractivity contribution in [3.05, 3.63) is 82.1 Å². The molecule has 5 nitrogen and oxygen atoms in total. The zero-order chi connectivity index (χ0) is 19.4. The minimum Gasteiger partial charge on any atom is -0.350 e. The highest BCUT2D eigenvalue weighted by molar-refractivity contribution is 6.34. The molecule has 1 aromatic heterocycles. The number of benzene rings is 2. The maximum absolute atomic E-state index is 12.7. The van der Waals surface area contributed by atoms with Crippen LogP contribution in [-0.4, -0.2) is 41.2 Å². The molecule has 0 unspecified atom stereocenters. The minimum atomic E-state index is -0.233. The Morgan fingerprint density at radius 1 is 1.19 bits per heavy atom. The summed E-state index contributed by atoms with van der Waals surface area (Å²) in [5.41, 5.74) is 2.21. The summed E-state index contributed by atoms with van der Waals surface area (Å²) < 4.78 is 1.68. The smallest absolute Gasteiger partial charge is 0.252 e. The minimum absolute atomic E-state index is 0.0132. The molecule has 1 atom stereocenters. The van der Waals surface area contributed by atoms with Crippen molar-refractivity contribution < 1.29 is 4.79 Å². The standard InChI is InChI=1S/C20H20Cl2N4O/c1-25(2)19(14-5-3-6-15(21)11-14)13-23-20(27)17-12-16(7-8-18(17)22)26-10-4-9-24-26/h3-12,19H,13H2,1-2H3,(H,23,27)/t19-/m0/s1. The summed E-state index contributed by atoms with van der Waals surface area (Å²) in [7, 11) is 3.92. The zero-order valence-electron chi connectivity index (χ0n) is 15.1. The average molecular weight is 403 g/mol. The number of carbonyl (C=O) groups is 1. The molecule has 27 heavy (non-hydrogen) atoms. The molecule has 0 aliphatic carbocycles. The van der Waals surface area contributed by atoms with Crippen molar-refractivity contribution in [2.45, 2.75) is 6.04 Å². The Kier molecular flexibility index (Phi) is 6.16. The highest BCUT2D eigenvalue weighted by Crippen LogP contribution is 2.22. The van der Waals surface area contributed by atoms with E-state index in [1.54, 1.807) is 23.0 Å². The molecule has 7 heteroatoms. The van der Waals surface area contributed by atoms with E-state index in [2.05, 4.69) is 10.4 Å². The zero-order valence-corrected chi connectivity index (χ0v) is 16.6. The molecular weight excluding hydrogens is 383 g/mol. The highest BCUT2D eigenvalue weighted by Gasteiger charge is 2.18. The van der Waals surface area contributed by atoms with Crippen molar-refractivity contribution in [3.8, 4) is 5.69 Å². The lowest BCUT2D eigenvalue weighted by Gasteiger charge is -2.25. The van der Waals surface area contributed by atoms with Gasteiger partial charge in [-0.05, 0) is 56.1 Å². The average Bonchev–Trinajstić information content (AvgIpc) is 3.16. The monoisotopic (exact) mass is 402 g/mol. The second kappa shape index (κ2) is 8.57. The van der Waals surface area contributed by atoms with Crippen LogP contribution in [-0.2, 0) is 0 Å². The van der Waals surface area contributed by atoms with Crippen molar-refractivity contribution in [1.29, 1.82) is 0 Å². The first kappa shape index (κ1) is 19.4. The molecule has 0 radical (unpaired) electrons. The number of nitrogens with zero attached hydrogens (tertiary/aromatic N) is 3. The Morgan fingerprint density at radius 3 is 2.67 bits per heavy atom. The third-order valence-electron chi connectivity index (χ3n) is 4.28. The predicted octanol–water partition coefficient (Wildman–Crippen LogP) is 4.21. The van der Waals surface area contributed by atoms with Gasteiger partial charge < -0.3 is 10.2 Å². The lowest BCUT2D eigenvalue weighted by molar-refractivity contribution is 0.0942. The second-order valence-corrected chi connectivity index (χ2v) is 7.20. The van der Waals surface area contributed by atoms with Crippen LogP contribution in [0.5, 0.6) is 0 Å². The van der Waals surface area contributed by atoms with Crippen molar-refractivity contribution in [3.63, 3.8) is 0 Å². The lowest BCUT2D eigenvalue weighted by atomic mass is 10.1. The maximum Gasteiger partial charge on any atom is 0.252 e. The number of rotatable bonds is 6. The van der Waals surface area contributed by atoms with Gasteiger partial charge in [-0.25, -0.2) is 4.68 Å². The Morgan fingerprint density at radius 2 is 2.00 bits per heavy atom. The Labute approximate surface area is 168 Å². The van der Waals surface area contributed by atoms with E-state index < -0.39 is 0 Å². The van der Waals surface area contributed by atoms with Crippen LogP contribution in [0.2, 0.25) is 10.0 Å². The number of likely N-dealkylation sites (N-methyl/N-ethyl adjacent to an activating group) is 1. The summed E-state index contributed by atoms with van der Waals surface area (Å²) in [6.45, 7) is 0.425. The first-order valence-corrected chi connectivity index (χ1v) is 9.21. The summed E-state index contributed by atoms with van der Waals surface area (Å²) in [6, 6.07) is 14.7. The summed E-state index contributed by atoms with van der Waals surface area (Å²) in [4.78, 5) is 14.8. The molecule has 1 amide bonds. The van der Waals surface area contributed by atoms with Gasteiger partial charge in [-0.15, -0.1) is 0 Å².